The maximum atomic E-state index is 13.0. The average Bonchev–Trinajstić information content (AvgIpc) is 3.34. The highest BCUT2D eigenvalue weighted by Gasteiger charge is 2.44. The monoisotopic (exact) mass is 974 g/mol. The summed E-state index contributed by atoms with van der Waals surface area (Å²) in [7, 11) is 0. The van der Waals surface area contributed by atoms with Crippen LogP contribution in [0, 0.1) is 0 Å². The zero-order valence-corrected chi connectivity index (χ0v) is 43.8. The fourth-order valence-electron chi connectivity index (χ4n) is 8.35. The van der Waals surface area contributed by atoms with E-state index in [1.165, 1.54) is 96.3 Å². The number of hydrogen-bond acceptors (Lipinski definition) is 10. The Bertz CT molecular complexity index is 1330. The Labute approximate surface area is 420 Å². The van der Waals surface area contributed by atoms with Crippen molar-refractivity contribution in [2.24, 2.45) is 0 Å². The average molecular weight is 974 g/mol. The third-order valence-corrected chi connectivity index (χ3v) is 12.8. The highest BCUT2D eigenvalue weighted by Crippen LogP contribution is 2.23. The summed E-state index contributed by atoms with van der Waals surface area (Å²) in [5, 5.41) is 54.2. The summed E-state index contributed by atoms with van der Waals surface area (Å²) in [6.45, 7) is 4.18. The van der Waals surface area contributed by atoms with Crippen molar-refractivity contribution in [3.05, 3.63) is 60.8 Å². The molecule has 11 heteroatoms. The van der Waals surface area contributed by atoms with Gasteiger partial charge in [-0.15, -0.1) is 0 Å². The van der Waals surface area contributed by atoms with E-state index in [1.807, 2.05) is 6.08 Å². The summed E-state index contributed by atoms with van der Waals surface area (Å²) >= 11 is 0. The zero-order valence-electron chi connectivity index (χ0n) is 43.8. The van der Waals surface area contributed by atoms with Crippen molar-refractivity contribution >= 4 is 11.9 Å². The topological polar surface area (TPSA) is 175 Å². The number of allylic oxidation sites excluding steroid dienone is 9. The first-order chi connectivity index (χ1) is 33.7. The Morgan fingerprint density at radius 2 is 1.01 bits per heavy atom. The maximum absolute atomic E-state index is 13.0. The van der Waals surface area contributed by atoms with Crippen LogP contribution in [0.5, 0.6) is 0 Å². The van der Waals surface area contributed by atoms with E-state index in [0.29, 0.717) is 25.9 Å². The lowest BCUT2D eigenvalue weighted by Crippen LogP contribution is -2.60. The summed E-state index contributed by atoms with van der Waals surface area (Å²) in [4.78, 5) is 25.0. The van der Waals surface area contributed by atoms with Gasteiger partial charge in [0.25, 0.3) is 0 Å². The van der Waals surface area contributed by atoms with Gasteiger partial charge in [0.15, 0.2) is 6.29 Å². The molecule has 7 atom stereocenters. The van der Waals surface area contributed by atoms with Crippen molar-refractivity contribution in [2.45, 2.75) is 275 Å². The van der Waals surface area contributed by atoms with E-state index >= 15 is 0 Å². The normalized spacial score (nSPS) is 19.8. The van der Waals surface area contributed by atoms with E-state index in [1.54, 1.807) is 6.08 Å². The van der Waals surface area contributed by atoms with Gasteiger partial charge < -0.3 is 45.1 Å². The molecule has 1 heterocycles. The fourth-order valence-corrected chi connectivity index (χ4v) is 8.35. The van der Waals surface area contributed by atoms with Gasteiger partial charge in [-0.3, -0.25) is 9.59 Å². The molecule has 1 fully saturated rings. The van der Waals surface area contributed by atoms with Crippen LogP contribution in [0.4, 0.5) is 0 Å². The molecule has 1 saturated heterocycles. The molecule has 1 aliphatic rings. The van der Waals surface area contributed by atoms with Gasteiger partial charge >= 0.3 is 5.97 Å². The number of amides is 1. The van der Waals surface area contributed by atoms with Crippen LogP contribution in [0.25, 0.3) is 0 Å². The number of rotatable bonds is 47. The van der Waals surface area contributed by atoms with Gasteiger partial charge in [-0.1, -0.05) is 197 Å². The number of unbranched alkanes of at least 4 members (excludes halogenated alkanes) is 26. The second-order valence-corrected chi connectivity index (χ2v) is 19.3. The molecule has 0 spiro atoms. The molecule has 1 rings (SSSR count). The van der Waals surface area contributed by atoms with Crippen molar-refractivity contribution < 1.29 is 49.3 Å². The molecule has 0 aliphatic carbocycles. The first kappa shape index (κ1) is 64.4. The van der Waals surface area contributed by atoms with Gasteiger partial charge in [-0.05, 0) is 83.5 Å². The lowest BCUT2D eigenvalue weighted by molar-refractivity contribution is -0.302. The molecular formula is C58H103NO10. The molecule has 7 unspecified atom stereocenters. The number of aliphatic hydroxyl groups is 5. The van der Waals surface area contributed by atoms with E-state index in [-0.39, 0.29) is 18.5 Å². The van der Waals surface area contributed by atoms with Gasteiger partial charge in [0.2, 0.25) is 5.91 Å². The largest absolute Gasteiger partial charge is 0.466 e. The molecule has 0 radical (unpaired) electrons. The first-order valence-corrected chi connectivity index (χ1v) is 28.1. The fraction of sp³-hybridized carbons (Fsp3) is 0.793. The van der Waals surface area contributed by atoms with Crippen LogP contribution in [0.3, 0.4) is 0 Å². The van der Waals surface area contributed by atoms with Crippen LogP contribution in [0.1, 0.15) is 232 Å². The summed E-state index contributed by atoms with van der Waals surface area (Å²) in [5.74, 6) is -0.240. The predicted octanol–water partition coefficient (Wildman–Crippen LogP) is 12.3. The van der Waals surface area contributed by atoms with Crippen molar-refractivity contribution in [3.63, 3.8) is 0 Å². The molecular weight excluding hydrogens is 871 g/mol. The molecule has 0 bridgehead atoms. The van der Waals surface area contributed by atoms with E-state index in [0.717, 1.165) is 103 Å². The number of esters is 1. The second kappa shape index (κ2) is 47.7. The smallest absolute Gasteiger partial charge is 0.305 e. The summed E-state index contributed by atoms with van der Waals surface area (Å²) in [5.41, 5.74) is 0. The number of carbonyl (C=O) groups is 2. The molecule has 69 heavy (non-hydrogen) atoms. The van der Waals surface area contributed by atoms with Crippen molar-refractivity contribution in [1.82, 2.24) is 5.32 Å². The van der Waals surface area contributed by atoms with Crippen LogP contribution in [-0.4, -0.2) is 100 Å². The first-order valence-electron chi connectivity index (χ1n) is 28.1. The minimum atomic E-state index is -1.58. The van der Waals surface area contributed by atoms with Gasteiger partial charge in [-0.25, -0.2) is 0 Å². The Morgan fingerprint density at radius 1 is 0.536 bits per heavy atom. The molecule has 0 saturated carbocycles. The molecule has 0 aromatic rings. The summed E-state index contributed by atoms with van der Waals surface area (Å²) in [6, 6.07) is -0.842. The highest BCUT2D eigenvalue weighted by atomic mass is 16.7. The van der Waals surface area contributed by atoms with Crippen LogP contribution < -0.4 is 5.32 Å². The highest BCUT2D eigenvalue weighted by molar-refractivity contribution is 5.76. The van der Waals surface area contributed by atoms with Crippen LogP contribution in [0.2, 0.25) is 0 Å². The van der Waals surface area contributed by atoms with Crippen LogP contribution in [0.15, 0.2) is 60.8 Å². The quantitative estimate of drug-likeness (QED) is 0.0149. The third kappa shape index (κ3) is 37.8. The van der Waals surface area contributed by atoms with E-state index in [9.17, 15) is 35.1 Å². The summed E-state index contributed by atoms with van der Waals surface area (Å²) < 4.78 is 16.6. The van der Waals surface area contributed by atoms with E-state index in [2.05, 4.69) is 67.8 Å². The third-order valence-electron chi connectivity index (χ3n) is 12.8. The lowest BCUT2D eigenvalue weighted by atomic mass is 9.99. The Hall–Kier alpha value is -2.64. The molecule has 6 N–H and O–H groups in total. The lowest BCUT2D eigenvalue weighted by Gasteiger charge is -2.40. The van der Waals surface area contributed by atoms with Gasteiger partial charge in [0, 0.05) is 12.8 Å². The molecule has 1 amide bonds. The minimum Gasteiger partial charge on any atom is -0.466 e. The number of nitrogens with one attached hydrogen (secondary N) is 1. The molecule has 0 aromatic carbocycles. The van der Waals surface area contributed by atoms with Crippen molar-refractivity contribution in [1.29, 1.82) is 0 Å². The number of ether oxygens (including phenoxy) is 3. The maximum Gasteiger partial charge on any atom is 0.305 e. The SMILES string of the molecule is CCC/C=C/CC/C=C/CC/C=C/C(O)C(COC1OC(CO)C(O)C(O)C1O)NC(=O)CCCCCCCCCCCC/C=C\C=C/CCCCCOC(=O)CCCCCCCCCCCCC. The van der Waals surface area contributed by atoms with Crippen LogP contribution >= 0.6 is 0 Å². The molecule has 1 aliphatic heterocycles. The summed E-state index contributed by atoms with van der Waals surface area (Å²) in [6.07, 6.45) is 50.3. The Kier molecular flexibility index (Phi) is 44.5. The standard InChI is InChI=1S/C58H103NO10/c1-3-5-7-9-11-13-24-28-32-36-40-44-51(61)50(49-68-58-57(66)56(65)55(64)52(48-60)69-58)59-53(62)45-41-37-33-29-26-22-20-18-16-15-17-19-21-23-27-31-35-39-43-47-67-54(63)46-42-38-34-30-25-14-12-10-8-6-4-2/h7,9,19,21,23-24,27-28,40,44,50-52,55-58,60-61,64-66H,3-6,8,10-18,20,22,25-26,29-39,41-43,45-49H2,1-2H3,(H,59,62)/b9-7+,21-19-,27-23-,28-24+,44-40+. The van der Waals surface area contributed by atoms with Crippen LogP contribution in [-0.2, 0) is 23.8 Å². The number of aliphatic hydroxyl groups excluding tert-OH is 5. The predicted molar refractivity (Wildman–Crippen MR) is 283 cm³/mol. The van der Waals surface area contributed by atoms with Gasteiger partial charge in [0.05, 0.1) is 32.0 Å². The second-order valence-electron chi connectivity index (χ2n) is 19.3. The van der Waals surface area contributed by atoms with Crippen molar-refractivity contribution in [3.8, 4) is 0 Å². The molecule has 11 nitrogen and oxygen atoms in total. The Morgan fingerprint density at radius 3 is 1.55 bits per heavy atom. The zero-order chi connectivity index (χ0) is 50.3. The number of carbonyl (C=O) groups excluding carboxylic acids is 2. The molecule has 400 valence electrons. The van der Waals surface area contributed by atoms with Crippen molar-refractivity contribution in [2.75, 3.05) is 19.8 Å². The van der Waals surface area contributed by atoms with Gasteiger partial charge in [0.1, 0.15) is 24.4 Å². The molecule has 0 aromatic heterocycles. The minimum absolute atomic E-state index is 0.0306. The van der Waals surface area contributed by atoms with E-state index in [4.69, 9.17) is 14.2 Å². The number of hydrogen-bond donors (Lipinski definition) is 6. The van der Waals surface area contributed by atoms with E-state index < -0.39 is 49.5 Å². The van der Waals surface area contributed by atoms with Gasteiger partial charge in [-0.2, -0.15) is 0 Å². The Balaban J connectivity index is 2.13.